The molecular formula is C50H94O6. The maximum Gasteiger partial charge on any atom is 0.306 e. The van der Waals surface area contributed by atoms with E-state index in [1.807, 2.05) is 0 Å². The van der Waals surface area contributed by atoms with Crippen LogP contribution in [0.25, 0.3) is 0 Å². The van der Waals surface area contributed by atoms with Crippen LogP contribution in [0.2, 0.25) is 0 Å². The van der Waals surface area contributed by atoms with E-state index in [-0.39, 0.29) is 31.1 Å². The Morgan fingerprint density at radius 2 is 0.607 bits per heavy atom. The first-order valence-corrected chi connectivity index (χ1v) is 24.7. The van der Waals surface area contributed by atoms with Crippen molar-refractivity contribution in [2.24, 2.45) is 0 Å². The number of carbonyl (C=O) groups excluding carboxylic acids is 3. The summed E-state index contributed by atoms with van der Waals surface area (Å²) in [6.07, 6.45) is 49.2. The summed E-state index contributed by atoms with van der Waals surface area (Å²) in [6, 6.07) is 0. The molecule has 0 aromatic heterocycles. The fourth-order valence-electron chi connectivity index (χ4n) is 7.25. The second-order valence-corrected chi connectivity index (χ2v) is 16.7. The lowest BCUT2D eigenvalue weighted by atomic mass is 10.0. The Balaban J connectivity index is 4.23. The van der Waals surface area contributed by atoms with Gasteiger partial charge in [-0.3, -0.25) is 14.4 Å². The van der Waals surface area contributed by atoms with Crippen molar-refractivity contribution in [3.05, 3.63) is 12.2 Å². The van der Waals surface area contributed by atoms with Crippen molar-refractivity contribution in [2.45, 2.75) is 277 Å². The maximum absolute atomic E-state index is 12.7. The molecule has 6 nitrogen and oxygen atoms in total. The lowest BCUT2D eigenvalue weighted by molar-refractivity contribution is -0.167. The number of hydrogen-bond acceptors (Lipinski definition) is 6. The molecule has 0 saturated carbocycles. The molecule has 6 heteroatoms. The fourth-order valence-corrected chi connectivity index (χ4v) is 7.25. The van der Waals surface area contributed by atoms with E-state index in [0.29, 0.717) is 19.3 Å². The van der Waals surface area contributed by atoms with E-state index in [9.17, 15) is 14.4 Å². The van der Waals surface area contributed by atoms with Gasteiger partial charge in [-0.2, -0.15) is 0 Å². The van der Waals surface area contributed by atoms with Crippen LogP contribution in [0.15, 0.2) is 12.2 Å². The predicted molar refractivity (Wildman–Crippen MR) is 238 cm³/mol. The van der Waals surface area contributed by atoms with Gasteiger partial charge < -0.3 is 14.2 Å². The molecule has 0 heterocycles. The molecule has 0 aliphatic heterocycles. The predicted octanol–water partition coefficient (Wildman–Crippen LogP) is 15.8. The molecule has 0 rings (SSSR count). The number of carbonyl (C=O) groups is 3. The lowest BCUT2D eigenvalue weighted by Gasteiger charge is -2.18. The summed E-state index contributed by atoms with van der Waals surface area (Å²) in [4.78, 5) is 37.7. The summed E-state index contributed by atoms with van der Waals surface area (Å²) in [6.45, 7) is 6.60. The van der Waals surface area contributed by atoms with Gasteiger partial charge in [-0.25, -0.2) is 0 Å². The molecule has 1 unspecified atom stereocenters. The van der Waals surface area contributed by atoms with Crippen LogP contribution >= 0.6 is 0 Å². The zero-order valence-electron chi connectivity index (χ0n) is 37.7. The van der Waals surface area contributed by atoms with Crippen molar-refractivity contribution >= 4 is 17.9 Å². The van der Waals surface area contributed by atoms with E-state index in [2.05, 4.69) is 32.9 Å². The van der Waals surface area contributed by atoms with Gasteiger partial charge in [0.2, 0.25) is 0 Å². The van der Waals surface area contributed by atoms with Gasteiger partial charge in [0.1, 0.15) is 13.2 Å². The number of esters is 3. The minimum atomic E-state index is -0.767. The fraction of sp³-hybridized carbons (Fsp3) is 0.900. The molecule has 0 amide bonds. The van der Waals surface area contributed by atoms with Crippen LogP contribution in [-0.4, -0.2) is 37.2 Å². The van der Waals surface area contributed by atoms with Crippen LogP contribution in [0.1, 0.15) is 271 Å². The Morgan fingerprint density at radius 3 is 0.946 bits per heavy atom. The van der Waals surface area contributed by atoms with Gasteiger partial charge in [0.15, 0.2) is 6.10 Å². The Hall–Kier alpha value is -1.85. The molecule has 0 radical (unpaired) electrons. The number of allylic oxidation sites excluding steroid dienone is 2. The van der Waals surface area contributed by atoms with Crippen LogP contribution < -0.4 is 0 Å². The summed E-state index contributed by atoms with van der Waals surface area (Å²) in [5, 5.41) is 0. The van der Waals surface area contributed by atoms with Gasteiger partial charge in [0.25, 0.3) is 0 Å². The summed E-state index contributed by atoms with van der Waals surface area (Å²) < 4.78 is 16.7. The highest BCUT2D eigenvalue weighted by molar-refractivity contribution is 5.71. The first kappa shape index (κ1) is 54.2. The minimum absolute atomic E-state index is 0.0699. The Kier molecular flexibility index (Phi) is 44.3. The lowest BCUT2D eigenvalue weighted by Crippen LogP contribution is -2.30. The molecule has 0 fully saturated rings. The van der Waals surface area contributed by atoms with Crippen molar-refractivity contribution in [3.63, 3.8) is 0 Å². The maximum atomic E-state index is 12.7. The molecule has 0 saturated heterocycles. The Labute approximate surface area is 348 Å². The summed E-state index contributed by atoms with van der Waals surface area (Å²) in [5.74, 6) is -0.873. The van der Waals surface area contributed by atoms with Crippen molar-refractivity contribution in [1.29, 1.82) is 0 Å². The van der Waals surface area contributed by atoms with Gasteiger partial charge in [0.05, 0.1) is 0 Å². The smallest absolute Gasteiger partial charge is 0.306 e. The van der Waals surface area contributed by atoms with Crippen molar-refractivity contribution in [2.75, 3.05) is 13.2 Å². The molecule has 0 aromatic carbocycles. The molecular weight excluding hydrogens is 697 g/mol. The van der Waals surface area contributed by atoms with Crippen LogP contribution in [0.4, 0.5) is 0 Å². The van der Waals surface area contributed by atoms with E-state index in [4.69, 9.17) is 14.2 Å². The van der Waals surface area contributed by atoms with E-state index in [1.54, 1.807) is 0 Å². The van der Waals surface area contributed by atoms with Gasteiger partial charge in [-0.05, 0) is 38.5 Å². The van der Waals surface area contributed by atoms with Crippen molar-refractivity contribution in [3.8, 4) is 0 Å². The SMILES string of the molecule is CCCC/C=C\CCCCCCC(=O)OC(COC(=O)CCCCCCCCCCCC)COC(=O)CCCCCCCCCCCCCCCCCCCC. The highest BCUT2D eigenvalue weighted by atomic mass is 16.6. The number of ether oxygens (including phenoxy) is 3. The van der Waals surface area contributed by atoms with Crippen LogP contribution in [0.3, 0.4) is 0 Å². The number of rotatable bonds is 45. The average molecular weight is 791 g/mol. The van der Waals surface area contributed by atoms with E-state index < -0.39 is 6.10 Å². The van der Waals surface area contributed by atoms with E-state index >= 15 is 0 Å². The average Bonchev–Trinajstić information content (AvgIpc) is 3.19. The summed E-state index contributed by atoms with van der Waals surface area (Å²) >= 11 is 0. The van der Waals surface area contributed by atoms with Gasteiger partial charge in [-0.1, -0.05) is 226 Å². The molecule has 0 aliphatic rings. The standard InChI is InChI=1S/C50H94O6/c1-4-7-10-13-16-19-22-23-24-25-26-27-28-29-32-34-37-40-43-49(52)55-46-47(56-50(53)44-41-38-35-31-21-18-15-12-9-6-3)45-54-48(51)42-39-36-33-30-20-17-14-11-8-5-2/h15,18,47H,4-14,16-17,19-46H2,1-3H3/b18-15-. The highest BCUT2D eigenvalue weighted by Gasteiger charge is 2.19. The van der Waals surface area contributed by atoms with Crippen LogP contribution in [-0.2, 0) is 28.6 Å². The van der Waals surface area contributed by atoms with Crippen LogP contribution in [0.5, 0.6) is 0 Å². The van der Waals surface area contributed by atoms with E-state index in [0.717, 1.165) is 77.0 Å². The largest absolute Gasteiger partial charge is 0.462 e. The zero-order chi connectivity index (χ0) is 40.8. The van der Waals surface area contributed by atoms with Gasteiger partial charge >= 0.3 is 17.9 Å². The van der Waals surface area contributed by atoms with Crippen molar-refractivity contribution < 1.29 is 28.6 Å². The highest BCUT2D eigenvalue weighted by Crippen LogP contribution is 2.16. The molecule has 0 aromatic rings. The number of hydrogen-bond donors (Lipinski definition) is 0. The summed E-state index contributed by atoms with van der Waals surface area (Å²) in [5.41, 5.74) is 0. The third-order valence-corrected chi connectivity index (χ3v) is 11.0. The molecule has 0 aliphatic carbocycles. The van der Waals surface area contributed by atoms with Gasteiger partial charge in [0, 0.05) is 19.3 Å². The van der Waals surface area contributed by atoms with Gasteiger partial charge in [-0.15, -0.1) is 0 Å². The second-order valence-electron chi connectivity index (χ2n) is 16.7. The quantitative estimate of drug-likeness (QED) is 0.0264. The molecule has 0 spiro atoms. The molecule has 1 atom stereocenters. The monoisotopic (exact) mass is 791 g/mol. The van der Waals surface area contributed by atoms with Crippen LogP contribution in [0, 0.1) is 0 Å². The first-order valence-electron chi connectivity index (χ1n) is 24.7. The second kappa shape index (κ2) is 45.8. The third kappa shape index (κ3) is 43.3. The minimum Gasteiger partial charge on any atom is -0.462 e. The molecule has 330 valence electrons. The topological polar surface area (TPSA) is 78.9 Å². The Morgan fingerprint density at radius 1 is 0.339 bits per heavy atom. The molecule has 56 heavy (non-hydrogen) atoms. The first-order chi connectivity index (χ1) is 27.5. The Bertz CT molecular complexity index is 870. The molecule has 0 N–H and O–H groups in total. The third-order valence-electron chi connectivity index (χ3n) is 11.0. The summed E-state index contributed by atoms with van der Waals surface area (Å²) in [7, 11) is 0. The van der Waals surface area contributed by atoms with Crippen molar-refractivity contribution in [1.82, 2.24) is 0 Å². The number of unbranched alkanes of at least 4 members (excludes halogenated alkanes) is 32. The molecule has 0 bridgehead atoms. The normalized spacial score (nSPS) is 12.0. The zero-order valence-corrected chi connectivity index (χ0v) is 37.7. The van der Waals surface area contributed by atoms with E-state index in [1.165, 1.54) is 154 Å².